The third kappa shape index (κ3) is 18.1. The summed E-state index contributed by atoms with van der Waals surface area (Å²) in [6.07, 6.45) is 12.8. The molecule has 6 aromatic carbocycles. The fourth-order valence-electron chi connectivity index (χ4n) is 9.09. The summed E-state index contributed by atoms with van der Waals surface area (Å²) in [5, 5.41) is 9.64. The molecule has 6 aromatic rings. The molecule has 18 heteroatoms. The lowest BCUT2D eigenvalue weighted by atomic mass is 9.84. The minimum Gasteiger partial charge on any atom is -0.494 e. The molecule has 2 aliphatic heterocycles. The first-order valence-corrected chi connectivity index (χ1v) is 30.7. The van der Waals surface area contributed by atoms with Crippen LogP contribution >= 0.6 is 36.2 Å². The molecule has 0 aliphatic carbocycles. The van der Waals surface area contributed by atoms with Crippen molar-refractivity contribution in [3.63, 3.8) is 0 Å². The van der Waals surface area contributed by atoms with Crippen LogP contribution in [0, 0.1) is 46.0 Å². The zero-order chi connectivity index (χ0) is 60.8. The summed E-state index contributed by atoms with van der Waals surface area (Å²) in [4.78, 5) is 39.7. The van der Waals surface area contributed by atoms with Crippen LogP contribution in [0.1, 0.15) is 96.1 Å². The van der Waals surface area contributed by atoms with E-state index in [1.54, 1.807) is 66.8 Å². The summed E-state index contributed by atoms with van der Waals surface area (Å²) in [5.41, 5.74) is 4.58. The van der Waals surface area contributed by atoms with Crippen molar-refractivity contribution in [3.05, 3.63) is 183 Å². The number of ether oxygens (including phenoxy) is 8. The van der Waals surface area contributed by atoms with Crippen molar-refractivity contribution in [1.82, 2.24) is 0 Å². The Labute approximate surface area is 513 Å². The first kappa shape index (κ1) is 64.2. The Balaban J connectivity index is 0.980. The van der Waals surface area contributed by atoms with Crippen molar-refractivity contribution >= 4 is 66.2 Å². The van der Waals surface area contributed by atoms with Gasteiger partial charge in [-0.25, -0.2) is 22.8 Å². The number of nitriles is 1. The Bertz CT molecular complexity index is 3570. The first-order valence-electron chi connectivity index (χ1n) is 28.1. The molecular weight excluding hydrogens is 1160 g/mol. The maximum atomic E-state index is 16.2. The van der Waals surface area contributed by atoms with Crippen LogP contribution in [0.25, 0.3) is 23.3 Å². The standard InChI is InChI=1S/C68H64F3NO11S3/c1-4-68(43-78-44-68)42-77-30-12-31-79-53-25-23-48(24-26-53)67(75)80-54-36-49(13-8-6-10-15-64-82-58-27-19-45(33-52(58)41-86-64)16-17-46-18-22-50(40-72)55(69)34-46)65(61(39-54)85-5-2)51-37-56(70)66(57(71)38-51)83-63(74)29-21-47-20-28-59(60(35-47)76-3)81-62(73)14-9-7-11-32-84/h8,13,15,18-29,33-39,84H,4-5,7,9,11-12,14,16-17,30-32,41-44H2,1-3H3/b13-8+,29-21+,64-15-. The van der Waals surface area contributed by atoms with E-state index in [4.69, 9.17) is 43.2 Å². The van der Waals surface area contributed by atoms with Gasteiger partial charge in [-0.3, -0.25) is 4.79 Å². The van der Waals surface area contributed by atoms with Crippen LogP contribution < -0.4 is 28.4 Å². The van der Waals surface area contributed by atoms with Crippen molar-refractivity contribution in [2.45, 2.75) is 75.9 Å². The molecule has 446 valence electrons. The van der Waals surface area contributed by atoms with Gasteiger partial charge in [-0.15, -0.1) is 11.8 Å². The summed E-state index contributed by atoms with van der Waals surface area (Å²) >= 11 is 7.01. The summed E-state index contributed by atoms with van der Waals surface area (Å²) in [6.45, 7) is 7.10. The lowest BCUT2D eigenvalue weighted by Gasteiger charge is -2.40. The normalized spacial score (nSPS) is 13.7. The number of allylic oxidation sites excluding steroid dienone is 2. The van der Waals surface area contributed by atoms with E-state index in [-0.39, 0.29) is 45.8 Å². The molecule has 2 heterocycles. The Morgan fingerprint density at radius 3 is 2.28 bits per heavy atom. The van der Waals surface area contributed by atoms with E-state index < -0.39 is 41.1 Å². The van der Waals surface area contributed by atoms with Crippen molar-refractivity contribution in [1.29, 1.82) is 5.26 Å². The largest absolute Gasteiger partial charge is 0.494 e. The van der Waals surface area contributed by atoms with Crippen LogP contribution in [0.15, 0.2) is 131 Å². The van der Waals surface area contributed by atoms with E-state index in [9.17, 15) is 18.8 Å². The molecule has 1 saturated heterocycles. The maximum absolute atomic E-state index is 16.2. The lowest BCUT2D eigenvalue weighted by molar-refractivity contribution is -0.150. The summed E-state index contributed by atoms with van der Waals surface area (Å²) < 4.78 is 92.0. The lowest BCUT2D eigenvalue weighted by Crippen LogP contribution is -2.45. The molecule has 0 saturated carbocycles. The smallest absolute Gasteiger partial charge is 0.343 e. The summed E-state index contributed by atoms with van der Waals surface area (Å²) in [6, 6.07) is 28.9. The number of nitrogens with zero attached hydrogens (tertiary/aromatic N) is 1. The van der Waals surface area contributed by atoms with Crippen LogP contribution in [0.5, 0.6) is 34.5 Å². The molecule has 0 aromatic heterocycles. The molecule has 0 unspecified atom stereocenters. The predicted molar refractivity (Wildman–Crippen MR) is 331 cm³/mol. The highest BCUT2D eigenvalue weighted by Gasteiger charge is 2.37. The summed E-state index contributed by atoms with van der Waals surface area (Å²) in [7, 11) is 1.40. The molecule has 0 amide bonds. The van der Waals surface area contributed by atoms with Gasteiger partial charge in [0.1, 0.15) is 29.1 Å². The topological polar surface area (TPSA) is 149 Å². The number of thiol groups is 1. The quantitative estimate of drug-likeness (QED) is 0.00991. The maximum Gasteiger partial charge on any atom is 0.343 e. The van der Waals surface area contributed by atoms with Crippen LogP contribution in [-0.2, 0) is 37.7 Å². The SMILES string of the molecule is CCSc1cc(OC(=O)c2ccc(OCCCOCC3(CC)COC3)cc2)cc(/C=C/C#C/C=C2/Oc3ccc(CCc4ccc(C#N)c(F)c4)cc3CS2)c1-c1cc(F)c(OC(=O)/C=C/c2ccc(OC(=O)CCCCCS)c(OC)c2)c(F)c1. The van der Waals surface area contributed by atoms with Gasteiger partial charge in [0, 0.05) is 58.8 Å². The minimum absolute atomic E-state index is 0.0142. The number of hydrogen-bond donors (Lipinski definition) is 1. The molecule has 0 spiro atoms. The molecule has 86 heavy (non-hydrogen) atoms. The van der Waals surface area contributed by atoms with Gasteiger partial charge in [0.15, 0.2) is 28.2 Å². The van der Waals surface area contributed by atoms with Crippen LogP contribution in [0.3, 0.4) is 0 Å². The Kier molecular flexibility index (Phi) is 23.9. The van der Waals surface area contributed by atoms with Gasteiger partial charge in [0.2, 0.25) is 5.75 Å². The van der Waals surface area contributed by atoms with Gasteiger partial charge in [-0.05, 0) is 169 Å². The number of methoxy groups -OCH3 is 1. The van der Waals surface area contributed by atoms with Crippen molar-refractivity contribution in [2.24, 2.45) is 5.41 Å². The van der Waals surface area contributed by atoms with E-state index in [1.165, 1.54) is 61.0 Å². The molecule has 0 radical (unpaired) electrons. The number of hydrogen-bond acceptors (Lipinski definition) is 15. The van der Waals surface area contributed by atoms with Gasteiger partial charge in [-0.1, -0.05) is 68.1 Å². The van der Waals surface area contributed by atoms with Crippen LogP contribution in [0.2, 0.25) is 0 Å². The highest BCUT2D eigenvalue weighted by atomic mass is 32.2. The second kappa shape index (κ2) is 32.1. The second-order valence-corrected chi connectivity index (χ2v) is 22.9. The third-order valence-electron chi connectivity index (χ3n) is 13.9. The number of carbonyl (C=O) groups is 3. The monoisotopic (exact) mass is 1220 g/mol. The van der Waals surface area contributed by atoms with E-state index in [2.05, 4.69) is 37.5 Å². The Morgan fingerprint density at radius 2 is 1.57 bits per heavy atom. The van der Waals surface area contributed by atoms with Crippen molar-refractivity contribution in [3.8, 4) is 63.5 Å². The van der Waals surface area contributed by atoms with E-state index in [1.807, 2.05) is 25.1 Å². The highest BCUT2D eigenvalue weighted by Crippen LogP contribution is 2.42. The van der Waals surface area contributed by atoms with Gasteiger partial charge >= 0.3 is 17.9 Å². The number of aryl methyl sites for hydroxylation is 2. The fourth-order valence-corrected chi connectivity index (χ4v) is 11.0. The predicted octanol–water partition coefficient (Wildman–Crippen LogP) is 15.2. The van der Waals surface area contributed by atoms with Gasteiger partial charge in [0.05, 0.1) is 44.7 Å². The number of unbranched alkanes of at least 4 members (excludes halogenated alkanes) is 2. The second-order valence-electron chi connectivity index (χ2n) is 20.1. The number of benzene rings is 6. The van der Waals surface area contributed by atoms with Crippen molar-refractivity contribution < 1.29 is 65.4 Å². The van der Waals surface area contributed by atoms with E-state index in [0.717, 1.165) is 73.1 Å². The highest BCUT2D eigenvalue weighted by molar-refractivity contribution is 8.02. The van der Waals surface area contributed by atoms with Crippen LogP contribution in [-0.4, -0.2) is 69.6 Å². The number of rotatable bonds is 27. The number of carbonyl (C=O) groups excluding carboxylic acids is 3. The number of thioether (sulfide) groups is 2. The molecule has 0 atom stereocenters. The number of esters is 3. The van der Waals surface area contributed by atoms with Gasteiger partial charge in [-0.2, -0.15) is 17.9 Å². The molecule has 2 aliphatic rings. The van der Waals surface area contributed by atoms with Crippen molar-refractivity contribution in [2.75, 3.05) is 51.6 Å². The molecule has 12 nitrogen and oxygen atoms in total. The minimum atomic E-state index is -1.16. The zero-order valence-electron chi connectivity index (χ0n) is 47.9. The van der Waals surface area contributed by atoms with Gasteiger partial charge in [0.25, 0.3) is 0 Å². The van der Waals surface area contributed by atoms with Crippen LogP contribution in [0.4, 0.5) is 13.2 Å². The molecule has 0 N–H and O–H groups in total. The van der Waals surface area contributed by atoms with E-state index >= 15 is 8.78 Å². The summed E-state index contributed by atoms with van der Waals surface area (Å²) in [5.74, 6) is 3.82. The number of fused-ring (bicyclic) bond motifs is 1. The molecule has 0 bridgehead atoms. The average Bonchev–Trinajstić information content (AvgIpc) is 1.92. The molecular formula is C68H64F3NO11S3. The fraction of sp³-hybridized carbons (Fsp3) is 0.294. The average molecular weight is 1220 g/mol. The Hall–Kier alpha value is -7.84. The number of halogens is 3. The zero-order valence-corrected chi connectivity index (χ0v) is 50.4. The van der Waals surface area contributed by atoms with E-state index in [0.29, 0.717) is 95.2 Å². The first-order chi connectivity index (χ1) is 41.8. The Morgan fingerprint density at radius 1 is 0.791 bits per heavy atom. The molecule has 1 fully saturated rings. The molecule has 8 rings (SSSR count). The van der Waals surface area contributed by atoms with Gasteiger partial charge < -0.3 is 37.9 Å². The third-order valence-corrected chi connectivity index (χ3v) is 16.1.